The van der Waals surface area contributed by atoms with Crippen molar-refractivity contribution < 1.29 is 9.53 Å². The van der Waals surface area contributed by atoms with Gasteiger partial charge in [-0.3, -0.25) is 4.79 Å². The molecule has 0 aliphatic carbocycles. The molecule has 28 heavy (non-hydrogen) atoms. The summed E-state index contributed by atoms with van der Waals surface area (Å²) in [6, 6.07) is 22.1. The molecule has 3 aromatic rings. The van der Waals surface area contributed by atoms with E-state index in [2.05, 4.69) is 34.9 Å². The normalized spacial score (nSPS) is 11.1. The third-order valence-corrected chi connectivity index (χ3v) is 4.19. The van der Waals surface area contributed by atoms with Crippen LogP contribution in [0.4, 0.5) is 5.69 Å². The van der Waals surface area contributed by atoms with Gasteiger partial charge in [-0.1, -0.05) is 48.5 Å². The molecule has 0 heterocycles. The molecule has 0 atom stereocenters. The fourth-order valence-electron chi connectivity index (χ4n) is 2.96. The largest absolute Gasteiger partial charge is 0.491 e. The van der Waals surface area contributed by atoms with Crippen molar-refractivity contribution in [2.24, 2.45) is 0 Å². The highest BCUT2D eigenvalue weighted by atomic mass is 16.5. The van der Waals surface area contributed by atoms with Gasteiger partial charge in [0, 0.05) is 30.2 Å². The molecule has 0 spiro atoms. The molecule has 0 aliphatic heterocycles. The molecule has 0 bridgehead atoms. The SMILES string of the molecule is CC(C)Oc1cccc(/C=C/C(=O)NCCNc2cccc3ccccc23)c1. The van der Waals surface area contributed by atoms with Crippen molar-refractivity contribution in [3.05, 3.63) is 78.4 Å². The average Bonchev–Trinajstić information content (AvgIpc) is 2.69. The standard InChI is InChI=1S/C24H26N2O2/c1-18(2)28-21-10-5-7-19(17-21)13-14-24(27)26-16-15-25-23-12-6-9-20-8-3-4-11-22(20)23/h3-14,17-18,25H,15-16H2,1-2H3,(H,26,27)/b14-13+. The summed E-state index contributed by atoms with van der Waals surface area (Å²) in [4.78, 5) is 12.0. The van der Waals surface area contributed by atoms with E-state index in [0.29, 0.717) is 13.1 Å². The van der Waals surface area contributed by atoms with Gasteiger partial charge in [-0.05, 0) is 49.1 Å². The third-order valence-electron chi connectivity index (χ3n) is 4.19. The van der Waals surface area contributed by atoms with Gasteiger partial charge in [0.2, 0.25) is 5.91 Å². The lowest BCUT2D eigenvalue weighted by atomic mass is 10.1. The molecule has 0 saturated carbocycles. The van der Waals surface area contributed by atoms with Crippen LogP contribution in [0.15, 0.2) is 72.8 Å². The maximum absolute atomic E-state index is 12.0. The lowest BCUT2D eigenvalue weighted by Crippen LogP contribution is -2.27. The Kier molecular flexibility index (Phi) is 6.68. The van der Waals surface area contributed by atoms with Gasteiger partial charge < -0.3 is 15.4 Å². The van der Waals surface area contributed by atoms with Gasteiger partial charge in [-0.15, -0.1) is 0 Å². The van der Waals surface area contributed by atoms with E-state index in [-0.39, 0.29) is 12.0 Å². The van der Waals surface area contributed by atoms with Crippen LogP contribution in [0.5, 0.6) is 5.75 Å². The highest BCUT2D eigenvalue weighted by Gasteiger charge is 2.01. The van der Waals surface area contributed by atoms with Crippen LogP contribution in [0.1, 0.15) is 19.4 Å². The lowest BCUT2D eigenvalue weighted by molar-refractivity contribution is -0.116. The molecule has 3 aromatic carbocycles. The van der Waals surface area contributed by atoms with Gasteiger partial charge in [-0.25, -0.2) is 0 Å². The van der Waals surface area contributed by atoms with Gasteiger partial charge >= 0.3 is 0 Å². The first-order valence-electron chi connectivity index (χ1n) is 9.56. The molecule has 4 nitrogen and oxygen atoms in total. The second-order valence-electron chi connectivity index (χ2n) is 6.82. The first-order chi connectivity index (χ1) is 13.6. The molecule has 0 unspecified atom stereocenters. The van der Waals surface area contributed by atoms with E-state index in [4.69, 9.17) is 4.74 Å². The van der Waals surface area contributed by atoms with Gasteiger partial charge in [0.25, 0.3) is 0 Å². The van der Waals surface area contributed by atoms with Crippen molar-refractivity contribution in [1.29, 1.82) is 0 Å². The molecule has 3 rings (SSSR count). The maximum Gasteiger partial charge on any atom is 0.244 e. The van der Waals surface area contributed by atoms with Crippen molar-refractivity contribution >= 4 is 28.4 Å². The van der Waals surface area contributed by atoms with E-state index in [0.717, 1.165) is 17.0 Å². The summed E-state index contributed by atoms with van der Waals surface area (Å²) < 4.78 is 5.67. The monoisotopic (exact) mass is 374 g/mol. The Labute approximate surface area is 166 Å². The summed E-state index contributed by atoms with van der Waals surface area (Å²) in [6.45, 7) is 5.18. The van der Waals surface area contributed by atoms with Crippen LogP contribution in [0.25, 0.3) is 16.8 Å². The fourth-order valence-corrected chi connectivity index (χ4v) is 2.96. The molecule has 0 aliphatic rings. The Morgan fingerprint density at radius 3 is 2.64 bits per heavy atom. The highest BCUT2D eigenvalue weighted by Crippen LogP contribution is 2.22. The number of amides is 1. The van der Waals surface area contributed by atoms with Gasteiger partial charge in [0.05, 0.1) is 6.10 Å². The number of fused-ring (bicyclic) bond motifs is 1. The molecular weight excluding hydrogens is 348 g/mol. The van der Waals surface area contributed by atoms with Crippen LogP contribution in [0, 0.1) is 0 Å². The summed E-state index contributed by atoms with van der Waals surface area (Å²) in [5.74, 6) is 0.687. The number of hydrogen-bond donors (Lipinski definition) is 2. The predicted molar refractivity (Wildman–Crippen MR) is 117 cm³/mol. The molecular formula is C24H26N2O2. The zero-order valence-electron chi connectivity index (χ0n) is 16.3. The quantitative estimate of drug-likeness (QED) is 0.437. The van der Waals surface area contributed by atoms with E-state index in [1.165, 1.54) is 10.8 Å². The number of carbonyl (C=O) groups excluding carboxylic acids is 1. The number of nitrogens with one attached hydrogen (secondary N) is 2. The van der Waals surface area contributed by atoms with E-state index in [9.17, 15) is 4.79 Å². The molecule has 0 aromatic heterocycles. The highest BCUT2D eigenvalue weighted by molar-refractivity contribution is 5.94. The molecule has 4 heteroatoms. The molecule has 144 valence electrons. The van der Waals surface area contributed by atoms with Crippen LogP contribution in [-0.2, 0) is 4.79 Å². The molecule has 1 amide bonds. The van der Waals surface area contributed by atoms with Crippen LogP contribution in [0.3, 0.4) is 0 Å². The van der Waals surface area contributed by atoms with Crippen LogP contribution >= 0.6 is 0 Å². The van der Waals surface area contributed by atoms with Crippen molar-refractivity contribution in [3.8, 4) is 5.75 Å². The number of benzene rings is 3. The van der Waals surface area contributed by atoms with Crippen molar-refractivity contribution in [2.75, 3.05) is 18.4 Å². The first-order valence-corrected chi connectivity index (χ1v) is 9.56. The molecule has 0 fully saturated rings. The third kappa shape index (κ3) is 5.61. The van der Waals surface area contributed by atoms with E-state index in [1.807, 2.05) is 56.3 Å². The van der Waals surface area contributed by atoms with Crippen LogP contribution < -0.4 is 15.4 Å². The predicted octanol–water partition coefficient (Wildman–Crippen LogP) is 4.87. The van der Waals surface area contributed by atoms with Crippen LogP contribution in [0.2, 0.25) is 0 Å². The number of anilines is 1. The summed E-state index contributed by atoms with van der Waals surface area (Å²) in [7, 11) is 0. The number of ether oxygens (including phenoxy) is 1. The Hall–Kier alpha value is -3.27. The van der Waals surface area contributed by atoms with E-state index in [1.54, 1.807) is 12.2 Å². The van der Waals surface area contributed by atoms with Crippen molar-refractivity contribution in [1.82, 2.24) is 5.32 Å². The van der Waals surface area contributed by atoms with Gasteiger partial charge in [0.1, 0.15) is 5.75 Å². The Morgan fingerprint density at radius 1 is 1.00 bits per heavy atom. The van der Waals surface area contributed by atoms with Crippen molar-refractivity contribution in [2.45, 2.75) is 20.0 Å². The van der Waals surface area contributed by atoms with Gasteiger partial charge in [0.15, 0.2) is 0 Å². The minimum atomic E-state index is -0.116. The smallest absolute Gasteiger partial charge is 0.244 e. The summed E-state index contributed by atoms with van der Waals surface area (Å²) in [5.41, 5.74) is 2.01. The van der Waals surface area contributed by atoms with Crippen LogP contribution in [-0.4, -0.2) is 25.1 Å². The summed E-state index contributed by atoms with van der Waals surface area (Å²) >= 11 is 0. The number of rotatable bonds is 8. The Bertz CT molecular complexity index is 958. The molecule has 2 N–H and O–H groups in total. The summed E-state index contributed by atoms with van der Waals surface area (Å²) in [6.07, 6.45) is 3.46. The summed E-state index contributed by atoms with van der Waals surface area (Å²) in [5, 5.41) is 8.66. The minimum Gasteiger partial charge on any atom is -0.491 e. The Morgan fingerprint density at radius 2 is 1.79 bits per heavy atom. The average molecular weight is 374 g/mol. The van der Waals surface area contributed by atoms with Crippen molar-refractivity contribution in [3.63, 3.8) is 0 Å². The van der Waals surface area contributed by atoms with E-state index >= 15 is 0 Å². The zero-order chi connectivity index (χ0) is 19.8. The lowest BCUT2D eigenvalue weighted by Gasteiger charge is -2.10. The Balaban J connectivity index is 1.47. The fraction of sp³-hybridized carbons (Fsp3) is 0.208. The zero-order valence-corrected chi connectivity index (χ0v) is 16.3. The second-order valence-corrected chi connectivity index (χ2v) is 6.82. The number of hydrogen-bond acceptors (Lipinski definition) is 3. The van der Waals surface area contributed by atoms with Gasteiger partial charge in [-0.2, -0.15) is 0 Å². The van der Waals surface area contributed by atoms with E-state index < -0.39 is 0 Å². The maximum atomic E-state index is 12.0. The second kappa shape index (κ2) is 9.60. The topological polar surface area (TPSA) is 50.4 Å². The first kappa shape index (κ1) is 19.5. The molecule has 0 saturated heterocycles. The molecule has 0 radical (unpaired) electrons. The number of carbonyl (C=O) groups is 1. The minimum absolute atomic E-state index is 0.116.